The van der Waals surface area contributed by atoms with E-state index in [2.05, 4.69) is 0 Å². The summed E-state index contributed by atoms with van der Waals surface area (Å²) in [5, 5.41) is 0. The first-order valence-corrected chi connectivity index (χ1v) is 13.1. The van der Waals surface area contributed by atoms with E-state index in [1.807, 2.05) is 14.7 Å². The zero-order valence-corrected chi connectivity index (χ0v) is 18.9. The second-order valence-corrected chi connectivity index (χ2v) is 11.3. The van der Waals surface area contributed by atoms with Crippen LogP contribution in [0.2, 0.25) is 0 Å². The van der Waals surface area contributed by atoms with Crippen molar-refractivity contribution in [1.29, 1.82) is 0 Å². The predicted octanol–water partition coefficient (Wildman–Crippen LogP) is 2.79. The van der Waals surface area contributed by atoms with Crippen molar-refractivity contribution in [3.63, 3.8) is 0 Å². The van der Waals surface area contributed by atoms with Crippen molar-refractivity contribution in [2.45, 2.75) is 50.4 Å². The molecule has 1 amide bonds. The van der Waals surface area contributed by atoms with Crippen LogP contribution in [0.25, 0.3) is 0 Å². The first-order chi connectivity index (χ1) is 15.1. The molecule has 32 heavy (non-hydrogen) atoms. The van der Waals surface area contributed by atoms with Gasteiger partial charge in [-0.1, -0.05) is 18.9 Å². The van der Waals surface area contributed by atoms with Crippen LogP contribution >= 0.6 is 0 Å². The molecule has 1 atom stereocenters. The number of halogens is 3. The Labute approximate surface area is 187 Å². The maximum atomic E-state index is 13.3. The number of benzene rings is 1. The molecule has 3 fully saturated rings. The normalized spacial score (nSPS) is 24.7. The molecule has 2 aliphatic heterocycles. The molecule has 2 heterocycles. The average molecular weight is 474 g/mol. The van der Waals surface area contributed by atoms with Crippen LogP contribution in [0.5, 0.6) is 0 Å². The minimum absolute atomic E-state index is 0.0217. The standard InChI is InChI=1S/C22H30F3N3O3S/c23-22(24,25)17-4-3-7-19(14-17)27-11-9-26(10-12-27)15-21(29)28(18-5-1-2-6-18)20-8-13-32(30,31)16-20/h3-4,7,14,18,20H,1-2,5-6,8-13,15-16H2/t20-/m1/s1. The van der Waals surface area contributed by atoms with E-state index in [1.165, 1.54) is 12.1 Å². The maximum Gasteiger partial charge on any atom is 0.416 e. The Morgan fingerprint density at radius 2 is 1.72 bits per heavy atom. The summed E-state index contributed by atoms with van der Waals surface area (Å²) in [7, 11) is -3.08. The van der Waals surface area contributed by atoms with Gasteiger partial charge in [0.2, 0.25) is 5.91 Å². The van der Waals surface area contributed by atoms with Crippen molar-refractivity contribution in [2.75, 3.05) is 49.1 Å². The first kappa shape index (κ1) is 23.4. The van der Waals surface area contributed by atoms with Crippen molar-refractivity contribution < 1.29 is 26.4 Å². The average Bonchev–Trinajstić information content (AvgIpc) is 3.38. The molecule has 10 heteroatoms. The third kappa shape index (κ3) is 5.39. The van der Waals surface area contributed by atoms with Crippen molar-refractivity contribution in [3.05, 3.63) is 29.8 Å². The van der Waals surface area contributed by atoms with Gasteiger partial charge in [-0.15, -0.1) is 0 Å². The van der Waals surface area contributed by atoms with Gasteiger partial charge in [-0.25, -0.2) is 8.42 Å². The van der Waals surface area contributed by atoms with E-state index in [0.717, 1.165) is 31.7 Å². The van der Waals surface area contributed by atoms with Gasteiger partial charge in [-0.05, 0) is 37.5 Å². The molecule has 0 N–H and O–H groups in total. The van der Waals surface area contributed by atoms with Crippen LogP contribution in [0.3, 0.4) is 0 Å². The molecule has 3 aliphatic rings. The number of rotatable bonds is 5. The molecule has 1 aromatic rings. The molecule has 178 valence electrons. The number of amides is 1. The van der Waals surface area contributed by atoms with Crippen LogP contribution in [0.15, 0.2) is 24.3 Å². The predicted molar refractivity (Wildman–Crippen MR) is 116 cm³/mol. The van der Waals surface area contributed by atoms with E-state index >= 15 is 0 Å². The Morgan fingerprint density at radius 1 is 1.03 bits per heavy atom. The SMILES string of the molecule is O=C(CN1CCN(c2cccc(C(F)(F)F)c2)CC1)N(C1CCCC1)[C@@H]1CCS(=O)(=O)C1. The lowest BCUT2D eigenvalue weighted by Gasteiger charge is -2.39. The first-order valence-electron chi connectivity index (χ1n) is 11.3. The van der Waals surface area contributed by atoms with Crippen LogP contribution in [0.1, 0.15) is 37.7 Å². The summed E-state index contributed by atoms with van der Waals surface area (Å²) in [4.78, 5) is 19.0. The summed E-state index contributed by atoms with van der Waals surface area (Å²) < 4.78 is 63.1. The number of sulfone groups is 1. The van der Waals surface area contributed by atoms with Crippen molar-refractivity contribution in [1.82, 2.24) is 9.80 Å². The third-order valence-corrected chi connectivity index (χ3v) is 8.63. The smallest absolute Gasteiger partial charge is 0.369 e. The third-order valence-electron chi connectivity index (χ3n) is 6.88. The molecule has 0 unspecified atom stereocenters. The van der Waals surface area contributed by atoms with Crippen molar-refractivity contribution in [3.8, 4) is 0 Å². The Hall–Kier alpha value is -1.81. The second kappa shape index (κ2) is 9.21. The summed E-state index contributed by atoms with van der Waals surface area (Å²) in [6.07, 6.45) is 0.0972. The molecule has 1 aliphatic carbocycles. The fraction of sp³-hybridized carbons (Fsp3) is 0.682. The van der Waals surface area contributed by atoms with Crippen molar-refractivity contribution >= 4 is 21.4 Å². The fourth-order valence-corrected chi connectivity index (χ4v) is 6.91. The van der Waals surface area contributed by atoms with Gasteiger partial charge in [0, 0.05) is 44.0 Å². The molecule has 0 bridgehead atoms. The maximum absolute atomic E-state index is 13.3. The highest BCUT2D eigenvalue weighted by Crippen LogP contribution is 2.32. The van der Waals surface area contributed by atoms with Gasteiger partial charge in [-0.3, -0.25) is 9.69 Å². The highest BCUT2D eigenvalue weighted by Gasteiger charge is 2.39. The monoisotopic (exact) mass is 473 g/mol. The number of nitrogens with zero attached hydrogens (tertiary/aromatic N) is 3. The van der Waals surface area contributed by atoms with E-state index in [9.17, 15) is 26.4 Å². The van der Waals surface area contributed by atoms with Crippen LogP contribution in [0.4, 0.5) is 18.9 Å². The molecule has 4 rings (SSSR count). The van der Waals surface area contributed by atoms with Gasteiger partial charge in [0.1, 0.15) is 0 Å². The molecule has 0 spiro atoms. The minimum Gasteiger partial charge on any atom is -0.369 e. The number of carbonyl (C=O) groups excluding carboxylic acids is 1. The van der Waals surface area contributed by atoms with E-state index < -0.39 is 21.6 Å². The van der Waals surface area contributed by atoms with Crippen LogP contribution in [-0.2, 0) is 20.8 Å². The molecule has 1 saturated carbocycles. The Kier molecular flexibility index (Phi) is 6.72. The molecule has 0 aromatic heterocycles. The van der Waals surface area contributed by atoms with Gasteiger partial charge in [0.15, 0.2) is 9.84 Å². The molecular formula is C22H30F3N3O3S. The second-order valence-electron chi connectivity index (χ2n) is 9.11. The zero-order chi connectivity index (χ0) is 22.9. The van der Waals surface area contributed by atoms with Crippen molar-refractivity contribution in [2.24, 2.45) is 0 Å². The number of hydrogen-bond donors (Lipinski definition) is 0. The highest BCUT2D eigenvalue weighted by molar-refractivity contribution is 7.91. The highest BCUT2D eigenvalue weighted by atomic mass is 32.2. The summed E-state index contributed by atoms with van der Waals surface area (Å²) in [6.45, 7) is 2.45. The largest absolute Gasteiger partial charge is 0.416 e. The van der Waals surface area contributed by atoms with E-state index in [4.69, 9.17) is 0 Å². The molecule has 0 radical (unpaired) electrons. The lowest BCUT2D eigenvalue weighted by molar-refractivity contribution is -0.138. The number of anilines is 1. The molecular weight excluding hydrogens is 443 g/mol. The minimum atomic E-state index is -4.37. The number of carbonyl (C=O) groups is 1. The number of hydrogen-bond acceptors (Lipinski definition) is 5. The van der Waals surface area contributed by atoms with Gasteiger partial charge >= 0.3 is 6.18 Å². The summed E-state index contributed by atoms with van der Waals surface area (Å²) in [5.74, 6) is 0.175. The van der Waals surface area contributed by atoms with Gasteiger partial charge in [0.25, 0.3) is 0 Å². The fourth-order valence-electron chi connectivity index (χ4n) is 5.20. The topological polar surface area (TPSA) is 60.9 Å². The van der Waals surface area contributed by atoms with E-state index in [1.54, 1.807) is 6.07 Å². The Balaban J connectivity index is 1.37. The van der Waals surface area contributed by atoms with Gasteiger partial charge in [0.05, 0.1) is 23.6 Å². The number of piperazine rings is 1. The Morgan fingerprint density at radius 3 is 2.31 bits per heavy atom. The lowest BCUT2D eigenvalue weighted by Crippen LogP contribution is -2.54. The molecule has 2 saturated heterocycles. The number of alkyl halides is 3. The van der Waals surface area contributed by atoms with Gasteiger partial charge in [-0.2, -0.15) is 13.2 Å². The van der Waals surface area contributed by atoms with Crippen LogP contribution in [0, 0.1) is 0 Å². The van der Waals surface area contributed by atoms with Gasteiger partial charge < -0.3 is 9.80 Å². The Bertz CT molecular complexity index is 924. The molecule has 1 aromatic carbocycles. The van der Waals surface area contributed by atoms with E-state index in [-0.39, 0.29) is 36.0 Å². The van der Waals surface area contributed by atoms with Crippen LogP contribution < -0.4 is 4.90 Å². The van der Waals surface area contributed by atoms with Crippen LogP contribution in [-0.4, -0.2) is 80.4 Å². The summed E-state index contributed by atoms with van der Waals surface area (Å²) in [5.41, 5.74) is -0.124. The summed E-state index contributed by atoms with van der Waals surface area (Å²) >= 11 is 0. The summed E-state index contributed by atoms with van der Waals surface area (Å²) in [6, 6.07) is 5.22. The zero-order valence-electron chi connectivity index (χ0n) is 18.1. The molecule has 6 nitrogen and oxygen atoms in total. The quantitative estimate of drug-likeness (QED) is 0.658. The lowest BCUT2D eigenvalue weighted by atomic mass is 10.1. The van der Waals surface area contributed by atoms with E-state index in [0.29, 0.717) is 38.3 Å².